The third kappa shape index (κ3) is 52.3. The van der Waals surface area contributed by atoms with Gasteiger partial charge in [0.1, 0.15) is 13.2 Å². The van der Waals surface area contributed by atoms with Crippen LogP contribution >= 0.6 is 0 Å². The Morgan fingerprint density at radius 2 is 0.545 bits per heavy atom. The van der Waals surface area contributed by atoms with Gasteiger partial charge in [0.25, 0.3) is 0 Å². The SMILES string of the molecule is CCCCC\C=C/C=C\C=C/C=C\CCCCCCCC(=O)OCC(COC(=O)CCCCCCCCCCCCCC)OC(=O)CCCCCCCCCCCCCCCCCCCC. The number of carbonyl (C=O) groups excluding carboxylic acids is 3. The lowest BCUT2D eigenvalue weighted by atomic mass is 10.0. The molecule has 0 spiro atoms. The second-order valence-corrected chi connectivity index (χ2v) is 19.3. The Balaban J connectivity index is 4.37. The third-order valence-corrected chi connectivity index (χ3v) is 12.7. The van der Waals surface area contributed by atoms with Crippen LogP contribution in [-0.2, 0) is 28.6 Å². The summed E-state index contributed by atoms with van der Waals surface area (Å²) in [5, 5.41) is 0. The van der Waals surface area contributed by atoms with Gasteiger partial charge in [0.15, 0.2) is 6.10 Å². The van der Waals surface area contributed by atoms with Crippen molar-refractivity contribution in [2.24, 2.45) is 0 Å². The van der Waals surface area contributed by atoms with Gasteiger partial charge in [0.2, 0.25) is 0 Å². The van der Waals surface area contributed by atoms with E-state index in [1.165, 1.54) is 173 Å². The molecule has 0 heterocycles. The van der Waals surface area contributed by atoms with E-state index in [0.29, 0.717) is 19.3 Å². The topological polar surface area (TPSA) is 78.9 Å². The number of hydrogen-bond donors (Lipinski definition) is 0. The van der Waals surface area contributed by atoms with Gasteiger partial charge in [-0.25, -0.2) is 0 Å². The predicted molar refractivity (Wildman–Crippen MR) is 284 cm³/mol. The fourth-order valence-electron chi connectivity index (χ4n) is 8.34. The van der Waals surface area contributed by atoms with E-state index in [1.807, 2.05) is 0 Å². The van der Waals surface area contributed by atoms with Crippen molar-refractivity contribution in [2.75, 3.05) is 13.2 Å². The summed E-state index contributed by atoms with van der Waals surface area (Å²) in [6.07, 6.45) is 66.6. The molecule has 384 valence electrons. The van der Waals surface area contributed by atoms with Crippen LogP contribution in [0.25, 0.3) is 0 Å². The highest BCUT2D eigenvalue weighted by Gasteiger charge is 2.19. The molecule has 0 bridgehead atoms. The first-order valence-corrected chi connectivity index (χ1v) is 28.7. The van der Waals surface area contributed by atoms with Crippen LogP contribution in [0.5, 0.6) is 0 Å². The van der Waals surface area contributed by atoms with Crippen LogP contribution in [-0.4, -0.2) is 37.2 Å². The lowest BCUT2D eigenvalue weighted by Crippen LogP contribution is -2.30. The van der Waals surface area contributed by atoms with Crippen LogP contribution in [0, 0.1) is 0 Å². The van der Waals surface area contributed by atoms with E-state index in [9.17, 15) is 14.4 Å². The van der Waals surface area contributed by atoms with Crippen molar-refractivity contribution in [1.82, 2.24) is 0 Å². The van der Waals surface area contributed by atoms with Crippen molar-refractivity contribution in [3.63, 3.8) is 0 Å². The molecule has 0 saturated carbocycles. The second kappa shape index (κ2) is 55.0. The van der Waals surface area contributed by atoms with Crippen LogP contribution in [0.1, 0.15) is 297 Å². The number of ether oxygens (including phenoxy) is 3. The van der Waals surface area contributed by atoms with E-state index < -0.39 is 6.10 Å². The molecule has 0 fully saturated rings. The molecule has 1 unspecified atom stereocenters. The predicted octanol–water partition coefficient (Wildman–Crippen LogP) is 19.0. The molecular formula is C60H108O6. The molecule has 6 heteroatoms. The number of allylic oxidation sites excluding steroid dienone is 8. The summed E-state index contributed by atoms with van der Waals surface area (Å²) < 4.78 is 16.9. The van der Waals surface area contributed by atoms with Gasteiger partial charge in [-0.1, -0.05) is 281 Å². The molecule has 0 aromatic heterocycles. The van der Waals surface area contributed by atoms with Crippen LogP contribution in [0.3, 0.4) is 0 Å². The summed E-state index contributed by atoms with van der Waals surface area (Å²) in [5.41, 5.74) is 0. The molecule has 0 aliphatic carbocycles. The first-order valence-electron chi connectivity index (χ1n) is 28.7. The minimum absolute atomic E-state index is 0.0767. The smallest absolute Gasteiger partial charge is 0.306 e. The lowest BCUT2D eigenvalue weighted by molar-refractivity contribution is -0.167. The van der Waals surface area contributed by atoms with Gasteiger partial charge >= 0.3 is 17.9 Å². The normalized spacial score (nSPS) is 12.3. The maximum Gasteiger partial charge on any atom is 0.306 e. The molecule has 0 aromatic carbocycles. The Kier molecular flexibility index (Phi) is 52.8. The summed E-state index contributed by atoms with van der Waals surface area (Å²) in [6.45, 7) is 6.62. The third-order valence-electron chi connectivity index (χ3n) is 12.7. The fraction of sp³-hybridized carbons (Fsp3) is 0.817. The Morgan fingerprint density at radius 1 is 0.303 bits per heavy atom. The van der Waals surface area contributed by atoms with E-state index >= 15 is 0 Å². The highest BCUT2D eigenvalue weighted by atomic mass is 16.6. The van der Waals surface area contributed by atoms with Crippen molar-refractivity contribution >= 4 is 17.9 Å². The molecule has 0 saturated heterocycles. The van der Waals surface area contributed by atoms with Crippen LogP contribution < -0.4 is 0 Å². The summed E-state index contributed by atoms with van der Waals surface area (Å²) in [6, 6.07) is 0. The van der Waals surface area contributed by atoms with Crippen molar-refractivity contribution in [3.05, 3.63) is 48.6 Å². The molecule has 6 nitrogen and oxygen atoms in total. The van der Waals surface area contributed by atoms with Gasteiger partial charge in [-0.15, -0.1) is 0 Å². The second-order valence-electron chi connectivity index (χ2n) is 19.3. The number of hydrogen-bond acceptors (Lipinski definition) is 6. The largest absolute Gasteiger partial charge is 0.462 e. The average molecular weight is 926 g/mol. The zero-order chi connectivity index (χ0) is 47.9. The zero-order valence-corrected chi connectivity index (χ0v) is 44.0. The van der Waals surface area contributed by atoms with Crippen LogP contribution in [0.2, 0.25) is 0 Å². The Bertz CT molecular complexity index is 1150. The molecule has 0 aromatic rings. The monoisotopic (exact) mass is 925 g/mol. The Hall–Kier alpha value is -2.63. The molecule has 1 atom stereocenters. The van der Waals surface area contributed by atoms with Crippen LogP contribution in [0.15, 0.2) is 48.6 Å². The van der Waals surface area contributed by atoms with Crippen molar-refractivity contribution in [2.45, 2.75) is 303 Å². The Morgan fingerprint density at radius 3 is 0.879 bits per heavy atom. The quantitative estimate of drug-likeness (QED) is 0.0262. The zero-order valence-electron chi connectivity index (χ0n) is 44.0. The van der Waals surface area contributed by atoms with Gasteiger partial charge in [-0.3, -0.25) is 14.4 Å². The molecule has 0 rings (SSSR count). The highest BCUT2D eigenvalue weighted by Crippen LogP contribution is 2.17. The molecule has 0 N–H and O–H groups in total. The number of esters is 3. The maximum absolute atomic E-state index is 12.8. The minimum Gasteiger partial charge on any atom is -0.462 e. The lowest BCUT2D eigenvalue weighted by Gasteiger charge is -2.18. The van der Waals surface area contributed by atoms with Crippen molar-refractivity contribution < 1.29 is 28.6 Å². The first kappa shape index (κ1) is 63.4. The van der Waals surface area contributed by atoms with Crippen molar-refractivity contribution in [3.8, 4) is 0 Å². The minimum atomic E-state index is -0.779. The van der Waals surface area contributed by atoms with Gasteiger partial charge < -0.3 is 14.2 Å². The molecule has 0 radical (unpaired) electrons. The van der Waals surface area contributed by atoms with E-state index in [0.717, 1.165) is 83.5 Å². The van der Waals surface area contributed by atoms with Gasteiger partial charge in [0, 0.05) is 19.3 Å². The summed E-state index contributed by atoms with van der Waals surface area (Å²) in [7, 11) is 0. The Labute approximate surface area is 409 Å². The number of unbranched alkanes of at least 4 members (excludes halogenated alkanes) is 36. The summed E-state index contributed by atoms with van der Waals surface area (Å²) >= 11 is 0. The van der Waals surface area contributed by atoms with E-state index in [1.54, 1.807) is 0 Å². The molecule has 0 amide bonds. The standard InChI is InChI=1S/C60H108O6/c1-4-7-10-13-16-19-22-25-27-29-31-33-35-38-41-44-47-50-53-59(62)65-56-57(55-64-58(61)52-49-46-43-40-37-24-21-18-15-12-9-6-3)66-60(63)54-51-48-45-42-39-36-34-32-30-28-26-23-20-17-14-11-8-5-2/h16,19,22,25,27,29,31,33,57H,4-15,17-18,20-21,23-24,26,28,30,32,34-56H2,1-3H3/b19-16-,25-22-,29-27-,33-31-. The van der Waals surface area contributed by atoms with Crippen LogP contribution in [0.4, 0.5) is 0 Å². The molecule has 0 aliphatic rings. The maximum atomic E-state index is 12.8. The summed E-state index contributed by atoms with van der Waals surface area (Å²) in [5.74, 6) is -0.884. The highest BCUT2D eigenvalue weighted by molar-refractivity contribution is 5.71. The molecule has 0 aliphatic heterocycles. The fourth-order valence-corrected chi connectivity index (χ4v) is 8.34. The van der Waals surface area contributed by atoms with E-state index in [2.05, 4.69) is 69.4 Å². The molecular weight excluding hydrogens is 817 g/mol. The van der Waals surface area contributed by atoms with E-state index in [-0.39, 0.29) is 31.1 Å². The average Bonchev–Trinajstić information content (AvgIpc) is 3.31. The number of carbonyl (C=O) groups is 3. The summed E-state index contributed by atoms with van der Waals surface area (Å²) in [4.78, 5) is 38.1. The van der Waals surface area contributed by atoms with E-state index in [4.69, 9.17) is 14.2 Å². The molecule has 66 heavy (non-hydrogen) atoms. The van der Waals surface area contributed by atoms with Gasteiger partial charge in [-0.2, -0.15) is 0 Å². The first-order chi connectivity index (χ1) is 32.5. The van der Waals surface area contributed by atoms with Gasteiger partial charge in [-0.05, 0) is 44.9 Å². The van der Waals surface area contributed by atoms with Crippen molar-refractivity contribution in [1.29, 1.82) is 0 Å². The van der Waals surface area contributed by atoms with Gasteiger partial charge in [0.05, 0.1) is 0 Å². The number of rotatable bonds is 52.